The van der Waals surface area contributed by atoms with Crippen LogP contribution < -0.4 is 5.73 Å². The van der Waals surface area contributed by atoms with Gasteiger partial charge in [-0.2, -0.15) is 18.3 Å². The van der Waals surface area contributed by atoms with Gasteiger partial charge < -0.3 is 10.6 Å². The summed E-state index contributed by atoms with van der Waals surface area (Å²) in [6, 6.07) is 12.3. The summed E-state index contributed by atoms with van der Waals surface area (Å²) in [4.78, 5) is 23.5. The highest BCUT2D eigenvalue weighted by Gasteiger charge is 2.30. The molecule has 0 spiro atoms. The number of rotatable bonds is 5. The maximum atomic E-state index is 13.0. The Morgan fingerprint density at radius 1 is 1.03 bits per heavy atom. The Bertz CT molecular complexity index is 1580. The van der Waals surface area contributed by atoms with Crippen LogP contribution in [0.25, 0.3) is 11.0 Å². The number of fused-ring (bicyclic) bond motifs is 1. The molecule has 7 nitrogen and oxygen atoms in total. The van der Waals surface area contributed by atoms with Gasteiger partial charge in [-0.15, -0.1) is 0 Å². The molecular formula is C29H27F3N6O. The number of Topliss-reactive ketones (excluding diaryl/α,β-unsaturated/α-hetero) is 1. The van der Waals surface area contributed by atoms with E-state index in [4.69, 9.17) is 10.8 Å². The summed E-state index contributed by atoms with van der Waals surface area (Å²) in [7, 11) is 2.10. The van der Waals surface area contributed by atoms with Crippen LogP contribution >= 0.6 is 0 Å². The highest BCUT2D eigenvalue weighted by molar-refractivity contribution is 5.90. The summed E-state index contributed by atoms with van der Waals surface area (Å²) in [5.41, 5.74) is 8.31. The molecule has 0 aliphatic carbocycles. The second-order valence-corrected chi connectivity index (χ2v) is 9.83. The quantitative estimate of drug-likeness (QED) is 0.382. The molecule has 0 radical (unpaired) electrons. The molecular weight excluding hydrogens is 505 g/mol. The van der Waals surface area contributed by atoms with Crippen molar-refractivity contribution in [3.63, 3.8) is 0 Å². The fourth-order valence-corrected chi connectivity index (χ4v) is 4.84. The lowest BCUT2D eigenvalue weighted by molar-refractivity contribution is -0.137. The first-order valence-corrected chi connectivity index (χ1v) is 12.6. The molecule has 2 aromatic carbocycles. The SMILES string of the molecule is CN1CCC(n2nc(C#Cc3cccc(CC(=O)Cc4cccc(C(F)(F)F)c4)c3)c3c(N)ncnc32)CC1. The first-order chi connectivity index (χ1) is 18.7. The molecule has 200 valence electrons. The first-order valence-electron chi connectivity index (χ1n) is 12.6. The highest BCUT2D eigenvalue weighted by Crippen LogP contribution is 2.30. The van der Waals surface area contributed by atoms with Gasteiger partial charge in [-0.25, -0.2) is 14.6 Å². The van der Waals surface area contributed by atoms with Crippen molar-refractivity contribution in [3.05, 3.63) is 82.8 Å². The fraction of sp³-hybridized carbons (Fsp3) is 0.310. The van der Waals surface area contributed by atoms with Gasteiger partial charge in [0.1, 0.15) is 23.6 Å². The van der Waals surface area contributed by atoms with Crippen molar-refractivity contribution in [3.8, 4) is 11.8 Å². The molecule has 1 aliphatic heterocycles. The van der Waals surface area contributed by atoms with E-state index in [1.54, 1.807) is 18.2 Å². The summed E-state index contributed by atoms with van der Waals surface area (Å²) >= 11 is 0. The van der Waals surface area contributed by atoms with Crippen molar-refractivity contribution in [1.82, 2.24) is 24.6 Å². The predicted octanol–water partition coefficient (Wildman–Crippen LogP) is 4.45. The van der Waals surface area contributed by atoms with Gasteiger partial charge in [0.25, 0.3) is 0 Å². The fourth-order valence-electron chi connectivity index (χ4n) is 4.84. The standard InChI is InChI=1S/C29H27F3N6O/c1-37-12-10-23(11-13-37)38-28-26(27(33)34-18-35-28)25(36-38)9-8-19-4-2-5-20(14-19)16-24(39)17-21-6-3-7-22(15-21)29(30,31)32/h2-7,14-15,18,23H,10-13,16-17H2,1H3,(H2,33,34,35). The van der Waals surface area contributed by atoms with Crippen molar-refractivity contribution in [2.24, 2.45) is 0 Å². The van der Waals surface area contributed by atoms with E-state index in [0.29, 0.717) is 33.7 Å². The average Bonchev–Trinajstić information content (AvgIpc) is 3.28. The lowest BCUT2D eigenvalue weighted by Crippen LogP contribution is -2.32. The predicted molar refractivity (Wildman–Crippen MR) is 142 cm³/mol. The summed E-state index contributed by atoms with van der Waals surface area (Å²) in [6.45, 7) is 1.93. The molecule has 3 heterocycles. The van der Waals surface area contributed by atoms with E-state index in [2.05, 4.69) is 33.8 Å². The third-order valence-corrected chi connectivity index (χ3v) is 6.86. The van der Waals surface area contributed by atoms with E-state index >= 15 is 0 Å². The maximum Gasteiger partial charge on any atom is 0.416 e. The molecule has 2 aromatic heterocycles. The molecule has 0 bridgehead atoms. The molecule has 0 saturated carbocycles. The average molecular weight is 533 g/mol. The Hall–Kier alpha value is -4.23. The van der Waals surface area contributed by atoms with E-state index in [-0.39, 0.29) is 24.7 Å². The highest BCUT2D eigenvalue weighted by atomic mass is 19.4. The zero-order chi connectivity index (χ0) is 27.6. The van der Waals surface area contributed by atoms with Crippen LogP contribution in [0, 0.1) is 11.8 Å². The van der Waals surface area contributed by atoms with Crippen LogP contribution in [-0.4, -0.2) is 50.6 Å². The number of hydrogen-bond acceptors (Lipinski definition) is 6. The Kier molecular flexibility index (Phi) is 7.35. The topological polar surface area (TPSA) is 89.9 Å². The van der Waals surface area contributed by atoms with Crippen molar-refractivity contribution in [2.45, 2.75) is 37.9 Å². The van der Waals surface area contributed by atoms with Gasteiger partial charge in [-0.3, -0.25) is 4.79 Å². The molecule has 39 heavy (non-hydrogen) atoms. The number of piperidine rings is 1. The number of likely N-dealkylation sites (tertiary alicyclic amines) is 1. The van der Waals surface area contributed by atoms with Crippen molar-refractivity contribution >= 4 is 22.6 Å². The maximum absolute atomic E-state index is 13.0. The van der Waals surface area contributed by atoms with Crippen molar-refractivity contribution in [2.75, 3.05) is 25.9 Å². The minimum Gasteiger partial charge on any atom is -0.383 e. The first kappa shape index (κ1) is 26.4. The van der Waals surface area contributed by atoms with Gasteiger partial charge in [0.2, 0.25) is 0 Å². The molecule has 4 aromatic rings. The number of nitrogens with zero attached hydrogens (tertiary/aromatic N) is 5. The second kappa shape index (κ2) is 10.9. The smallest absolute Gasteiger partial charge is 0.383 e. The Labute approximate surface area is 223 Å². The number of halogens is 3. The lowest BCUT2D eigenvalue weighted by Gasteiger charge is -2.29. The van der Waals surface area contributed by atoms with Crippen LogP contribution in [0.5, 0.6) is 0 Å². The van der Waals surface area contributed by atoms with Crippen LogP contribution in [0.2, 0.25) is 0 Å². The molecule has 0 unspecified atom stereocenters. The number of carbonyl (C=O) groups excluding carboxylic acids is 1. The van der Waals surface area contributed by atoms with Gasteiger partial charge >= 0.3 is 6.18 Å². The van der Waals surface area contributed by atoms with Gasteiger partial charge in [0, 0.05) is 18.4 Å². The van der Waals surface area contributed by atoms with Crippen LogP contribution in [-0.2, 0) is 23.8 Å². The molecule has 5 rings (SSSR count). The Balaban J connectivity index is 1.35. The van der Waals surface area contributed by atoms with Crippen LogP contribution in [0.1, 0.15) is 46.8 Å². The molecule has 1 fully saturated rings. The summed E-state index contributed by atoms with van der Waals surface area (Å²) in [5, 5.41) is 5.39. The molecule has 10 heteroatoms. The van der Waals surface area contributed by atoms with Crippen molar-refractivity contribution < 1.29 is 18.0 Å². The number of nitrogens with two attached hydrogens (primary N) is 1. The molecule has 2 N–H and O–H groups in total. The van der Waals surface area contributed by atoms with Crippen LogP contribution in [0.3, 0.4) is 0 Å². The zero-order valence-electron chi connectivity index (χ0n) is 21.4. The van der Waals surface area contributed by atoms with E-state index in [1.807, 2.05) is 10.7 Å². The third-order valence-electron chi connectivity index (χ3n) is 6.86. The minimum absolute atomic E-state index is 0.0836. The zero-order valence-corrected chi connectivity index (χ0v) is 21.4. The minimum atomic E-state index is -4.45. The molecule has 0 atom stereocenters. The van der Waals surface area contributed by atoms with E-state index in [0.717, 1.165) is 43.6 Å². The summed E-state index contributed by atoms with van der Waals surface area (Å²) < 4.78 is 40.9. The third kappa shape index (κ3) is 6.10. The monoisotopic (exact) mass is 532 g/mol. The number of hydrogen-bond donors (Lipinski definition) is 1. The lowest BCUT2D eigenvalue weighted by atomic mass is 10.00. The summed E-state index contributed by atoms with van der Waals surface area (Å²) in [6.07, 6.45) is -1.13. The number of nitrogen functional groups attached to an aromatic ring is 1. The Morgan fingerprint density at radius 3 is 2.44 bits per heavy atom. The van der Waals surface area contributed by atoms with Crippen LogP contribution in [0.4, 0.5) is 19.0 Å². The molecule has 1 aliphatic rings. The number of carbonyl (C=O) groups is 1. The normalized spacial score (nSPS) is 14.8. The largest absolute Gasteiger partial charge is 0.416 e. The Morgan fingerprint density at radius 2 is 1.72 bits per heavy atom. The van der Waals surface area contributed by atoms with Gasteiger partial charge in [-0.1, -0.05) is 36.3 Å². The van der Waals surface area contributed by atoms with E-state index in [1.165, 1.54) is 18.5 Å². The summed E-state index contributed by atoms with van der Waals surface area (Å²) in [5.74, 6) is 6.35. The van der Waals surface area contributed by atoms with Gasteiger partial charge in [-0.05, 0) is 68.2 Å². The van der Waals surface area contributed by atoms with Gasteiger partial charge in [0.05, 0.1) is 17.0 Å². The number of ketones is 1. The molecule has 0 amide bonds. The van der Waals surface area contributed by atoms with E-state index < -0.39 is 11.7 Å². The number of aromatic nitrogens is 4. The second-order valence-electron chi connectivity index (χ2n) is 9.83. The number of benzene rings is 2. The van der Waals surface area contributed by atoms with Crippen molar-refractivity contribution in [1.29, 1.82) is 0 Å². The molecule has 1 saturated heterocycles. The van der Waals surface area contributed by atoms with Gasteiger partial charge in [0.15, 0.2) is 5.65 Å². The number of alkyl halides is 3. The number of anilines is 1. The van der Waals surface area contributed by atoms with Crippen LogP contribution in [0.15, 0.2) is 54.9 Å². The van der Waals surface area contributed by atoms with E-state index in [9.17, 15) is 18.0 Å².